The Labute approximate surface area is 169 Å². The number of alkyl halides is 3. The highest BCUT2D eigenvalue weighted by molar-refractivity contribution is 6.31. The summed E-state index contributed by atoms with van der Waals surface area (Å²) in [5.41, 5.74) is 1.86. The van der Waals surface area contributed by atoms with Crippen molar-refractivity contribution >= 4 is 17.6 Å². The van der Waals surface area contributed by atoms with Crippen LogP contribution in [0.5, 0.6) is 0 Å². The van der Waals surface area contributed by atoms with Crippen molar-refractivity contribution in [1.82, 2.24) is 10.2 Å². The quantitative estimate of drug-likeness (QED) is 0.546. The molecule has 1 N–H and O–H groups in total. The number of carbonyl (C=O) groups is 1. The molecule has 0 saturated carbocycles. The van der Waals surface area contributed by atoms with Gasteiger partial charge in [-0.3, -0.25) is 0 Å². The number of hydrogen-bond donors (Lipinski definition) is 1. The molecule has 0 aromatic heterocycles. The third-order valence-corrected chi connectivity index (χ3v) is 5.80. The monoisotopic (exact) mass is 416 g/mol. The van der Waals surface area contributed by atoms with Gasteiger partial charge in [0.05, 0.1) is 11.5 Å². The Morgan fingerprint density at radius 3 is 2.50 bits per heavy atom. The number of halogens is 4. The highest BCUT2D eigenvalue weighted by atomic mass is 35.5. The fourth-order valence-electron chi connectivity index (χ4n) is 3.45. The van der Waals surface area contributed by atoms with E-state index in [1.54, 1.807) is 17.0 Å². The van der Waals surface area contributed by atoms with E-state index in [0.29, 0.717) is 17.1 Å². The molecule has 0 saturated heterocycles. The van der Waals surface area contributed by atoms with Gasteiger partial charge < -0.3 is 10.2 Å². The van der Waals surface area contributed by atoms with Gasteiger partial charge in [0.1, 0.15) is 0 Å². The molecule has 1 aliphatic heterocycles. The van der Waals surface area contributed by atoms with E-state index in [-0.39, 0.29) is 18.9 Å². The SMILES string of the molecule is CCCN1C=C(CC)[C@](C)(c2ccc(CCC(C)C(F)(F)F)c(Cl)c2)NC1=O. The molecular weight excluding hydrogens is 389 g/mol. The van der Waals surface area contributed by atoms with Crippen molar-refractivity contribution in [3.8, 4) is 0 Å². The van der Waals surface area contributed by atoms with Crippen molar-refractivity contribution in [3.63, 3.8) is 0 Å². The molecule has 1 unspecified atom stereocenters. The number of hydrogen-bond acceptors (Lipinski definition) is 1. The van der Waals surface area contributed by atoms with Crippen LogP contribution in [0.1, 0.15) is 58.1 Å². The summed E-state index contributed by atoms with van der Waals surface area (Å²) in [7, 11) is 0. The Kier molecular flexibility index (Phi) is 7.07. The normalized spacial score (nSPS) is 21.4. The number of aryl methyl sites for hydroxylation is 1. The second kappa shape index (κ2) is 8.76. The van der Waals surface area contributed by atoms with Gasteiger partial charge in [0.2, 0.25) is 0 Å². The van der Waals surface area contributed by atoms with E-state index in [4.69, 9.17) is 11.6 Å². The maximum atomic E-state index is 12.7. The van der Waals surface area contributed by atoms with Crippen molar-refractivity contribution in [1.29, 1.82) is 0 Å². The number of rotatable bonds is 7. The predicted octanol–water partition coefficient (Wildman–Crippen LogP) is 6.42. The van der Waals surface area contributed by atoms with Crippen LogP contribution in [-0.4, -0.2) is 23.7 Å². The minimum atomic E-state index is -4.20. The second-order valence-electron chi connectivity index (χ2n) is 7.54. The Morgan fingerprint density at radius 2 is 1.96 bits per heavy atom. The minimum absolute atomic E-state index is 0.0112. The first-order valence-electron chi connectivity index (χ1n) is 9.68. The van der Waals surface area contributed by atoms with Crippen LogP contribution < -0.4 is 5.32 Å². The third-order valence-electron chi connectivity index (χ3n) is 5.45. The Balaban J connectivity index is 2.26. The number of carbonyl (C=O) groups excluding carboxylic acids is 1. The maximum Gasteiger partial charge on any atom is 0.391 e. The van der Waals surface area contributed by atoms with Crippen LogP contribution in [0.4, 0.5) is 18.0 Å². The average Bonchev–Trinajstić information content (AvgIpc) is 2.61. The molecule has 0 spiro atoms. The Hall–Kier alpha value is -1.69. The zero-order chi connectivity index (χ0) is 21.1. The van der Waals surface area contributed by atoms with Gasteiger partial charge in [0.15, 0.2) is 0 Å². The molecule has 2 amide bonds. The lowest BCUT2D eigenvalue weighted by atomic mass is 9.81. The van der Waals surface area contributed by atoms with Crippen LogP contribution >= 0.6 is 11.6 Å². The molecule has 2 rings (SSSR count). The predicted molar refractivity (Wildman–Crippen MR) is 106 cm³/mol. The topological polar surface area (TPSA) is 32.3 Å². The van der Waals surface area contributed by atoms with E-state index in [2.05, 4.69) is 5.32 Å². The molecule has 1 aromatic rings. The number of nitrogens with zero attached hydrogens (tertiary/aromatic N) is 1. The number of urea groups is 1. The zero-order valence-corrected chi connectivity index (χ0v) is 17.5. The van der Waals surface area contributed by atoms with Crippen molar-refractivity contribution in [2.45, 2.75) is 65.1 Å². The molecule has 1 heterocycles. The van der Waals surface area contributed by atoms with Crippen LogP contribution in [0.2, 0.25) is 5.02 Å². The molecule has 1 aromatic carbocycles. The lowest BCUT2D eigenvalue weighted by Gasteiger charge is -2.40. The van der Waals surface area contributed by atoms with Crippen LogP contribution in [0, 0.1) is 5.92 Å². The molecule has 0 bridgehead atoms. The standard InChI is InChI=1S/C21H28ClF3N2O/c1-5-11-27-13-16(6-2)20(4,26-19(27)28)17-10-9-15(18(22)12-17)8-7-14(3)21(23,24)25/h9-10,12-14H,5-8,11H2,1-4H3,(H,26,28)/t14?,20-/m1/s1. The largest absolute Gasteiger partial charge is 0.391 e. The summed E-state index contributed by atoms with van der Waals surface area (Å²) in [6.07, 6.45) is -0.452. The Morgan fingerprint density at radius 1 is 1.29 bits per heavy atom. The lowest BCUT2D eigenvalue weighted by molar-refractivity contribution is -0.170. The van der Waals surface area contributed by atoms with Crippen LogP contribution in [0.25, 0.3) is 0 Å². The van der Waals surface area contributed by atoms with E-state index >= 15 is 0 Å². The molecule has 3 nitrogen and oxygen atoms in total. The molecular formula is C21H28ClF3N2O. The minimum Gasteiger partial charge on any atom is -0.325 e. The fraction of sp³-hybridized carbons (Fsp3) is 0.571. The summed E-state index contributed by atoms with van der Waals surface area (Å²) >= 11 is 6.39. The van der Waals surface area contributed by atoms with Gasteiger partial charge in [-0.15, -0.1) is 0 Å². The molecule has 2 atom stereocenters. The molecule has 1 aliphatic rings. The smallest absolute Gasteiger partial charge is 0.325 e. The van der Waals surface area contributed by atoms with E-state index in [1.807, 2.05) is 33.0 Å². The van der Waals surface area contributed by atoms with E-state index in [0.717, 1.165) is 24.0 Å². The highest BCUT2D eigenvalue weighted by Gasteiger charge is 2.38. The van der Waals surface area contributed by atoms with Gasteiger partial charge in [-0.05, 0) is 55.4 Å². The molecule has 7 heteroatoms. The van der Waals surface area contributed by atoms with Crippen LogP contribution in [0.3, 0.4) is 0 Å². The van der Waals surface area contributed by atoms with Crippen molar-refractivity contribution in [2.24, 2.45) is 5.92 Å². The van der Waals surface area contributed by atoms with E-state index in [9.17, 15) is 18.0 Å². The summed E-state index contributed by atoms with van der Waals surface area (Å²) in [6, 6.07) is 5.21. The van der Waals surface area contributed by atoms with Gasteiger partial charge in [-0.1, -0.05) is 44.5 Å². The highest BCUT2D eigenvalue weighted by Crippen LogP contribution is 2.37. The van der Waals surface area contributed by atoms with Gasteiger partial charge in [-0.2, -0.15) is 13.2 Å². The lowest BCUT2D eigenvalue weighted by Crippen LogP contribution is -2.53. The third kappa shape index (κ3) is 4.83. The second-order valence-corrected chi connectivity index (χ2v) is 7.95. The zero-order valence-electron chi connectivity index (χ0n) is 16.8. The fourth-order valence-corrected chi connectivity index (χ4v) is 3.72. The molecule has 156 valence electrons. The van der Waals surface area contributed by atoms with Gasteiger partial charge in [-0.25, -0.2) is 4.79 Å². The summed E-state index contributed by atoms with van der Waals surface area (Å²) in [6.45, 7) is 7.79. The maximum absolute atomic E-state index is 12.7. The number of nitrogens with one attached hydrogen (secondary N) is 1. The van der Waals surface area contributed by atoms with Crippen molar-refractivity contribution < 1.29 is 18.0 Å². The van der Waals surface area contributed by atoms with Crippen molar-refractivity contribution in [2.75, 3.05) is 6.54 Å². The summed E-state index contributed by atoms with van der Waals surface area (Å²) in [4.78, 5) is 14.2. The summed E-state index contributed by atoms with van der Waals surface area (Å²) in [5, 5.41) is 3.50. The first-order chi connectivity index (χ1) is 13.0. The molecule has 0 aliphatic carbocycles. The Bertz CT molecular complexity index is 748. The average molecular weight is 417 g/mol. The molecule has 0 radical (unpaired) electrons. The van der Waals surface area contributed by atoms with Crippen LogP contribution in [0.15, 0.2) is 30.0 Å². The first-order valence-corrected chi connectivity index (χ1v) is 10.1. The van der Waals surface area contributed by atoms with Gasteiger partial charge in [0.25, 0.3) is 0 Å². The van der Waals surface area contributed by atoms with E-state index < -0.39 is 17.6 Å². The summed E-state index contributed by atoms with van der Waals surface area (Å²) < 4.78 is 38.2. The number of benzene rings is 1. The summed E-state index contributed by atoms with van der Waals surface area (Å²) in [5.74, 6) is -1.38. The molecule has 0 fully saturated rings. The van der Waals surface area contributed by atoms with Crippen molar-refractivity contribution in [3.05, 3.63) is 46.1 Å². The first kappa shape index (κ1) is 22.6. The number of amides is 2. The van der Waals surface area contributed by atoms with E-state index in [1.165, 1.54) is 6.92 Å². The van der Waals surface area contributed by atoms with Crippen LogP contribution in [-0.2, 0) is 12.0 Å². The molecule has 28 heavy (non-hydrogen) atoms. The van der Waals surface area contributed by atoms with Gasteiger partial charge in [0, 0.05) is 17.8 Å². The van der Waals surface area contributed by atoms with Gasteiger partial charge >= 0.3 is 12.2 Å².